The monoisotopic (exact) mass is 422 g/mol. The fourth-order valence-corrected chi connectivity index (χ4v) is 4.50. The molecule has 0 saturated carbocycles. The summed E-state index contributed by atoms with van der Waals surface area (Å²) in [4.78, 5) is 19.9. The van der Waals surface area contributed by atoms with Gasteiger partial charge in [0.25, 0.3) is 5.91 Å². The minimum atomic E-state index is -0.233. The van der Waals surface area contributed by atoms with Gasteiger partial charge in [-0.3, -0.25) is 4.79 Å². The topological polar surface area (TPSA) is 93.0 Å². The molecule has 31 heavy (non-hydrogen) atoms. The highest BCUT2D eigenvalue weighted by Crippen LogP contribution is 2.41. The molecule has 1 aliphatic heterocycles. The van der Waals surface area contributed by atoms with Crippen LogP contribution in [0.4, 0.5) is 5.69 Å². The number of aromatic amines is 1. The molecule has 1 amide bonds. The van der Waals surface area contributed by atoms with Crippen molar-refractivity contribution in [3.8, 4) is 0 Å². The number of carbonyl (C=O) groups is 1. The second kappa shape index (κ2) is 8.97. The molecule has 6 nitrogen and oxygen atoms in total. The first-order chi connectivity index (χ1) is 14.8. The summed E-state index contributed by atoms with van der Waals surface area (Å²) in [5.74, 6) is 0.415. The van der Waals surface area contributed by atoms with Gasteiger partial charge in [0.1, 0.15) is 0 Å². The van der Waals surface area contributed by atoms with E-state index in [1.807, 2.05) is 19.1 Å². The Bertz CT molecular complexity index is 970. The number of amides is 1. The van der Waals surface area contributed by atoms with E-state index in [1.165, 1.54) is 5.57 Å². The summed E-state index contributed by atoms with van der Waals surface area (Å²) < 4.78 is 5.66. The molecular weight excluding hydrogens is 388 g/mol. The van der Waals surface area contributed by atoms with Crippen molar-refractivity contribution in [1.82, 2.24) is 9.97 Å². The van der Waals surface area contributed by atoms with Crippen molar-refractivity contribution in [2.24, 2.45) is 17.1 Å². The van der Waals surface area contributed by atoms with Gasteiger partial charge in [0.15, 0.2) is 5.82 Å². The largest absolute Gasteiger partial charge is 0.381 e. The number of aromatic nitrogens is 2. The lowest BCUT2D eigenvalue weighted by Crippen LogP contribution is -2.29. The number of nitrogens with zero attached hydrogens (tertiary/aromatic N) is 1. The highest BCUT2D eigenvalue weighted by molar-refractivity contribution is 6.03. The molecule has 4 N–H and O–H groups in total. The first-order valence-electron chi connectivity index (χ1n) is 11.3. The molecule has 1 fully saturated rings. The maximum Gasteiger partial charge on any atom is 0.291 e. The Balaban J connectivity index is 1.65. The minimum Gasteiger partial charge on any atom is -0.381 e. The number of hydrogen-bond donors (Lipinski definition) is 3. The Hall–Kier alpha value is -2.44. The first-order valence-corrected chi connectivity index (χ1v) is 11.3. The van der Waals surface area contributed by atoms with E-state index in [4.69, 9.17) is 10.5 Å². The van der Waals surface area contributed by atoms with Crippen LogP contribution in [0.3, 0.4) is 0 Å². The third-order valence-corrected chi connectivity index (χ3v) is 6.62. The quantitative estimate of drug-likeness (QED) is 0.633. The molecule has 0 bridgehead atoms. The molecule has 1 aromatic heterocycles. The highest BCUT2D eigenvalue weighted by atomic mass is 16.5. The number of benzene rings is 1. The average molecular weight is 423 g/mol. The maximum atomic E-state index is 12.8. The lowest BCUT2D eigenvalue weighted by molar-refractivity contribution is 0.0448. The Morgan fingerprint density at radius 2 is 2.23 bits per heavy atom. The van der Waals surface area contributed by atoms with Gasteiger partial charge in [0.05, 0.1) is 6.61 Å². The van der Waals surface area contributed by atoms with Crippen LogP contribution in [0.25, 0.3) is 5.57 Å². The number of rotatable bonds is 5. The van der Waals surface area contributed by atoms with Crippen LogP contribution in [0.5, 0.6) is 0 Å². The minimum absolute atomic E-state index is 0.0721. The van der Waals surface area contributed by atoms with Gasteiger partial charge in [-0.05, 0) is 67.7 Å². The molecule has 0 spiro atoms. The Morgan fingerprint density at radius 1 is 1.39 bits per heavy atom. The molecule has 6 heteroatoms. The van der Waals surface area contributed by atoms with Crippen molar-refractivity contribution in [3.05, 3.63) is 53.1 Å². The standard InChI is InChI=1S/C25H34N4O2/c1-16-14-27-23(28-16)24(30)29-21-7-6-18(22(26)19-5-4-12-31-15-19)13-20(21)17-8-10-25(2,3)11-9-17/h6-8,13-14,19,22H,4-5,9-12,15,26H2,1-3H3,(H,27,28)(H,29,30). The molecule has 2 aliphatic rings. The molecule has 166 valence electrons. The van der Waals surface area contributed by atoms with E-state index in [2.05, 4.69) is 41.3 Å². The van der Waals surface area contributed by atoms with Crippen molar-refractivity contribution in [2.75, 3.05) is 18.5 Å². The Morgan fingerprint density at radius 3 is 2.87 bits per heavy atom. The summed E-state index contributed by atoms with van der Waals surface area (Å²) >= 11 is 0. The molecular formula is C25H34N4O2. The van der Waals surface area contributed by atoms with E-state index >= 15 is 0 Å². The summed E-state index contributed by atoms with van der Waals surface area (Å²) in [6, 6.07) is 6.13. The molecule has 2 aromatic rings. The smallest absolute Gasteiger partial charge is 0.291 e. The van der Waals surface area contributed by atoms with Crippen molar-refractivity contribution in [3.63, 3.8) is 0 Å². The van der Waals surface area contributed by atoms with Crippen LogP contribution in [-0.4, -0.2) is 29.1 Å². The van der Waals surface area contributed by atoms with E-state index in [0.29, 0.717) is 23.8 Å². The molecule has 1 aromatic carbocycles. The molecule has 1 aliphatic carbocycles. The van der Waals surface area contributed by atoms with Gasteiger partial charge >= 0.3 is 0 Å². The van der Waals surface area contributed by atoms with Crippen LogP contribution in [0.15, 0.2) is 30.5 Å². The van der Waals surface area contributed by atoms with Gasteiger partial charge in [-0.25, -0.2) is 4.98 Å². The predicted octanol–water partition coefficient (Wildman–Crippen LogP) is 4.99. The van der Waals surface area contributed by atoms with Crippen LogP contribution >= 0.6 is 0 Å². The number of nitrogens with two attached hydrogens (primary N) is 1. The van der Waals surface area contributed by atoms with Crippen molar-refractivity contribution < 1.29 is 9.53 Å². The third-order valence-electron chi connectivity index (χ3n) is 6.62. The number of imidazole rings is 1. The van der Waals surface area contributed by atoms with E-state index in [0.717, 1.165) is 61.2 Å². The third kappa shape index (κ3) is 5.08. The second-order valence-electron chi connectivity index (χ2n) is 9.77. The second-order valence-corrected chi connectivity index (χ2v) is 9.77. The number of carbonyl (C=O) groups excluding carboxylic acids is 1. The number of anilines is 1. The predicted molar refractivity (Wildman–Crippen MR) is 124 cm³/mol. The summed E-state index contributed by atoms with van der Waals surface area (Å²) in [5, 5.41) is 3.06. The molecule has 4 rings (SSSR count). The zero-order valence-electron chi connectivity index (χ0n) is 18.8. The maximum absolute atomic E-state index is 12.8. The van der Waals surface area contributed by atoms with E-state index in [-0.39, 0.29) is 11.9 Å². The van der Waals surface area contributed by atoms with Crippen molar-refractivity contribution >= 4 is 17.2 Å². The van der Waals surface area contributed by atoms with Gasteiger partial charge in [-0.15, -0.1) is 0 Å². The zero-order chi connectivity index (χ0) is 22.0. The summed E-state index contributed by atoms with van der Waals surface area (Å²) in [7, 11) is 0. The van der Waals surface area contributed by atoms with Crippen LogP contribution in [-0.2, 0) is 4.74 Å². The normalized spacial score (nSPS) is 21.9. The number of aryl methyl sites for hydroxylation is 1. The molecule has 1 saturated heterocycles. The number of ether oxygens (including phenoxy) is 1. The number of allylic oxidation sites excluding steroid dienone is 2. The van der Waals surface area contributed by atoms with Crippen molar-refractivity contribution in [1.29, 1.82) is 0 Å². The van der Waals surface area contributed by atoms with E-state index in [9.17, 15) is 4.79 Å². The Labute approximate surface area is 184 Å². The van der Waals surface area contributed by atoms with Crippen molar-refractivity contribution in [2.45, 2.75) is 58.9 Å². The fraction of sp³-hybridized carbons (Fsp3) is 0.520. The van der Waals surface area contributed by atoms with Gasteiger partial charge in [-0.1, -0.05) is 26.0 Å². The number of hydrogen-bond acceptors (Lipinski definition) is 4. The number of H-pyrrole nitrogens is 1. The molecule has 2 unspecified atom stereocenters. The summed E-state index contributed by atoms with van der Waals surface area (Å²) in [5.41, 5.74) is 12.1. The zero-order valence-corrected chi connectivity index (χ0v) is 18.8. The Kier molecular flexibility index (Phi) is 6.30. The van der Waals surface area contributed by atoms with Gasteiger partial charge in [-0.2, -0.15) is 0 Å². The van der Waals surface area contributed by atoms with Gasteiger partial charge < -0.3 is 20.8 Å². The van der Waals surface area contributed by atoms with Gasteiger partial charge in [0, 0.05) is 41.7 Å². The fourth-order valence-electron chi connectivity index (χ4n) is 4.50. The van der Waals surface area contributed by atoms with Crippen LogP contribution in [0.1, 0.15) is 79.4 Å². The SMILES string of the molecule is Cc1cnc(C(=O)Nc2ccc(C(N)C3CCCOC3)cc2C2=CCC(C)(C)CC2)[nH]1. The average Bonchev–Trinajstić information content (AvgIpc) is 3.21. The highest BCUT2D eigenvalue weighted by Gasteiger charge is 2.26. The van der Waals surface area contributed by atoms with Crippen LogP contribution < -0.4 is 11.1 Å². The molecule has 2 heterocycles. The van der Waals surface area contributed by atoms with Gasteiger partial charge in [0.2, 0.25) is 0 Å². The van der Waals surface area contributed by atoms with Crippen LogP contribution in [0.2, 0.25) is 0 Å². The lowest BCUT2D eigenvalue weighted by atomic mass is 9.76. The molecule has 0 radical (unpaired) electrons. The summed E-state index contributed by atoms with van der Waals surface area (Å²) in [6.07, 6.45) is 9.27. The molecule has 2 atom stereocenters. The summed E-state index contributed by atoms with van der Waals surface area (Å²) in [6.45, 7) is 8.03. The first kappa shape index (κ1) is 21.8. The van der Waals surface area contributed by atoms with E-state index < -0.39 is 0 Å². The lowest BCUT2D eigenvalue weighted by Gasteiger charge is -2.31. The van der Waals surface area contributed by atoms with Crippen LogP contribution in [0, 0.1) is 18.3 Å². The van der Waals surface area contributed by atoms with E-state index in [1.54, 1.807) is 6.20 Å². The number of nitrogens with one attached hydrogen (secondary N) is 2.